The van der Waals surface area contributed by atoms with Crippen molar-refractivity contribution >= 4 is 23.5 Å². The summed E-state index contributed by atoms with van der Waals surface area (Å²) < 4.78 is 13.2. The molecule has 0 radical (unpaired) electrons. The fourth-order valence-corrected chi connectivity index (χ4v) is 2.87. The summed E-state index contributed by atoms with van der Waals surface area (Å²) in [5, 5.41) is 6.61. The summed E-state index contributed by atoms with van der Waals surface area (Å²) in [7, 11) is 1.69. The topological polar surface area (TPSA) is 56.7 Å². The average Bonchev–Trinajstić information content (AvgIpc) is 3.02. The van der Waals surface area contributed by atoms with E-state index < -0.39 is 5.82 Å². The van der Waals surface area contributed by atoms with Gasteiger partial charge >= 0.3 is 0 Å². The normalized spacial score (nSPS) is 18.2. The molecule has 0 aliphatic carbocycles. The molecule has 0 aromatic heterocycles. The maximum atomic E-state index is 13.2. The number of hydrogen-bond donors (Lipinski definition) is 2. The van der Waals surface area contributed by atoms with Gasteiger partial charge in [0.05, 0.1) is 5.02 Å². The number of nitrogens with one attached hydrogen (secondary N) is 2. The summed E-state index contributed by atoms with van der Waals surface area (Å²) >= 11 is 5.79. The summed E-state index contributed by atoms with van der Waals surface area (Å²) in [6.45, 7) is 5.76. The molecule has 0 spiro atoms. The first kappa shape index (κ1) is 18.5. The zero-order valence-electron chi connectivity index (χ0n) is 14.3. The molecule has 1 atom stereocenters. The molecule has 2 N–H and O–H groups in total. The molecule has 0 saturated carbocycles. The Morgan fingerprint density at radius 1 is 1.50 bits per heavy atom. The van der Waals surface area contributed by atoms with Crippen LogP contribution in [0, 0.1) is 11.7 Å². The van der Waals surface area contributed by atoms with Gasteiger partial charge < -0.3 is 15.5 Å². The van der Waals surface area contributed by atoms with Crippen LogP contribution in [0.4, 0.5) is 4.39 Å². The average molecular weight is 355 g/mol. The van der Waals surface area contributed by atoms with Gasteiger partial charge in [-0.2, -0.15) is 0 Å². The summed E-state index contributed by atoms with van der Waals surface area (Å²) in [6.07, 6.45) is 0.890. The number of nitrogens with zero attached hydrogens (tertiary/aromatic N) is 2. The summed E-state index contributed by atoms with van der Waals surface area (Å²) in [6, 6.07) is 4.80. The molecule has 24 heavy (non-hydrogen) atoms. The molecular weight excluding hydrogens is 331 g/mol. The molecule has 0 bridgehead atoms. The second-order valence-corrected chi connectivity index (χ2v) is 6.65. The van der Waals surface area contributed by atoms with Crippen molar-refractivity contribution in [2.45, 2.75) is 32.9 Å². The standard InChI is InChI=1S/C17H24ClFN4O/c1-11(2)16(24)23-7-6-13(10-23)22-17(20-3)21-9-12-4-5-15(19)14(18)8-12/h4-5,8,11,13H,6-7,9-10H2,1-3H3,(H2,20,21,22). The molecule has 1 aromatic rings. The van der Waals surface area contributed by atoms with E-state index in [2.05, 4.69) is 15.6 Å². The third-order valence-corrected chi connectivity index (χ3v) is 4.29. The number of guanidine groups is 1. The molecule has 2 rings (SSSR count). The number of carbonyl (C=O) groups excluding carboxylic acids is 1. The summed E-state index contributed by atoms with van der Waals surface area (Å²) in [4.78, 5) is 18.1. The zero-order valence-corrected chi connectivity index (χ0v) is 15.0. The number of amides is 1. The largest absolute Gasteiger partial charge is 0.352 e. The van der Waals surface area contributed by atoms with Crippen molar-refractivity contribution in [2.75, 3.05) is 20.1 Å². The lowest BCUT2D eigenvalue weighted by Crippen LogP contribution is -2.45. The van der Waals surface area contributed by atoms with Crippen molar-refractivity contribution in [3.8, 4) is 0 Å². The summed E-state index contributed by atoms with van der Waals surface area (Å²) in [5.74, 6) is 0.427. The maximum absolute atomic E-state index is 13.2. The van der Waals surface area contributed by atoms with Crippen LogP contribution in [0.5, 0.6) is 0 Å². The highest BCUT2D eigenvalue weighted by Crippen LogP contribution is 2.16. The number of carbonyl (C=O) groups is 1. The van der Waals surface area contributed by atoms with Crippen LogP contribution < -0.4 is 10.6 Å². The number of aliphatic imine (C=N–C) groups is 1. The van der Waals surface area contributed by atoms with Crippen LogP contribution in [0.15, 0.2) is 23.2 Å². The van der Waals surface area contributed by atoms with Crippen molar-refractivity contribution in [1.29, 1.82) is 0 Å². The fourth-order valence-electron chi connectivity index (χ4n) is 2.67. The van der Waals surface area contributed by atoms with Crippen LogP contribution in [0.2, 0.25) is 5.02 Å². The van der Waals surface area contributed by atoms with Gasteiger partial charge in [0.2, 0.25) is 5.91 Å². The van der Waals surface area contributed by atoms with Crippen molar-refractivity contribution < 1.29 is 9.18 Å². The molecular formula is C17H24ClFN4O. The van der Waals surface area contributed by atoms with Gasteiger partial charge in [-0.05, 0) is 24.1 Å². The van der Waals surface area contributed by atoms with E-state index in [1.165, 1.54) is 6.07 Å². The van der Waals surface area contributed by atoms with E-state index in [9.17, 15) is 9.18 Å². The Bertz CT molecular complexity index is 621. The monoisotopic (exact) mass is 354 g/mol. The Morgan fingerprint density at radius 3 is 2.88 bits per heavy atom. The van der Waals surface area contributed by atoms with Gasteiger partial charge in [0.1, 0.15) is 5.82 Å². The predicted octanol–water partition coefficient (Wildman–Crippen LogP) is 2.40. The number of likely N-dealkylation sites (tertiary alicyclic amines) is 1. The van der Waals surface area contributed by atoms with E-state index in [4.69, 9.17) is 11.6 Å². The molecule has 1 amide bonds. The lowest BCUT2D eigenvalue weighted by molar-refractivity contribution is -0.133. The Kier molecular flexibility index (Phi) is 6.43. The number of halogens is 2. The second-order valence-electron chi connectivity index (χ2n) is 6.24. The highest BCUT2D eigenvalue weighted by atomic mass is 35.5. The van der Waals surface area contributed by atoms with Gasteiger partial charge in [-0.1, -0.05) is 31.5 Å². The lowest BCUT2D eigenvalue weighted by atomic mass is 10.2. The minimum absolute atomic E-state index is 0.0180. The van der Waals surface area contributed by atoms with Crippen LogP contribution in [-0.4, -0.2) is 42.9 Å². The fraction of sp³-hybridized carbons (Fsp3) is 0.529. The zero-order chi connectivity index (χ0) is 17.7. The van der Waals surface area contributed by atoms with Crippen LogP contribution in [0.3, 0.4) is 0 Å². The molecule has 1 aliphatic rings. The van der Waals surface area contributed by atoms with E-state index in [1.54, 1.807) is 19.2 Å². The molecule has 1 aliphatic heterocycles. The SMILES string of the molecule is CN=C(NCc1ccc(F)c(Cl)c1)NC1CCN(C(=O)C(C)C)C1. The van der Waals surface area contributed by atoms with Gasteiger partial charge in [0.25, 0.3) is 0 Å². The van der Waals surface area contributed by atoms with Crippen molar-refractivity contribution in [2.24, 2.45) is 10.9 Å². The molecule has 1 saturated heterocycles. The Labute approximate surface area is 147 Å². The molecule has 1 heterocycles. The maximum Gasteiger partial charge on any atom is 0.225 e. The van der Waals surface area contributed by atoms with Gasteiger partial charge in [0, 0.05) is 38.6 Å². The molecule has 1 fully saturated rings. The Balaban J connectivity index is 1.85. The van der Waals surface area contributed by atoms with Crippen LogP contribution >= 0.6 is 11.6 Å². The number of rotatable bonds is 4. The van der Waals surface area contributed by atoms with E-state index in [0.29, 0.717) is 19.0 Å². The van der Waals surface area contributed by atoms with E-state index in [1.807, 2.05) is 18.7 Å². The highest BCUT2D eigenvalue weighted by molar-refractivity contribution is 6.30. The molecule has 5 nitrogen and oxygen atoms in total. The quantitative estimate of drug-likeness (QED) is 0.645. The Morgan fingerprint density at radius 2 is 2.25 bits per heavy atom. The number of benzene rings is 1. The minimum Gasteiger partial charge on any atom is -0.352 e. The Hall–Kier alpha value is -1.82. The first-order valence-corrected chi connectivity index (χ1v) is 8.48. The minimum atomic E-state index is -0.427. The smallest absolute Gasteiger partial charge is 0.225 e. The third kappa shape index (κ3) is 4.84. The number of hydrogen-bond acceptors (Lipinski definition) is 2. The van der Waals surface area contributed by atoms with Crippen LogP contribution in [-0.2, 0) is 11.3 Å². The second kappa shape index (κ2) is 8.33. The lowest BCUT2D eigenvalue weighted by Gasteiger charge is -2.20. The van der Waals surface area contributed by atoms with Crippen LogP contribution in [0.25, 0.3) is 0 Å². The third-order valence-electron chi connectivity index (χ3n) is 4.00. The van der Waals surface area contributed by atoms with Gasteiger partial charge in [-0.25, -0.2) is 4.39 Å². The molecule has 1 aromatic carbocycles. The van der Waals surface area contributed by atoms with Gasteiger partial charge in [0.15, 0.2) is 5.96 Å². The highest BCUT2D eigenvalue weighted by Gasteiger charge is 2.27. The molecule has 7 heteroatoms. The van der Waals surface area contributed by atoms with Crippen molar-refractivity contribution in [1.82, 2.24) is 15.5 Å². The summed E-state index contributed by atoms with van der Waals surface area (Å²) in [5.41, 5.74) is 0.868. The van der Waals surface area contributed by atoms with Crippen molar-refractivity contribution in [3.63, 3.8) is 0 Å². The molecule has 132 valence electrons. The van der Waals surface area contributed by atoms with Gasteiger partial charge in [-0.15, -0.1) is 0 Å². The van der Waals surface area contributed by atoms with E-state index >= 15 is 0 Å². The van der Waals surface area contributed by atoms with Crippen LogP contribution in [0.1, 0.15) is 25.8 Å². The van der Waals surface area contributed by atoms with Crippen molar-refractivity contribution in [3.05, 3.63) is 34.6 Å². The first-order chi connectivity index (χ1) is 11.4. The first-order valence-electron chi connectivity index (χ1n) is 8.10. The van der Waals surface area contributed by atoms with E-state index in [-0.39, 0.29) is 22.9 Å². The van der Waals surface area contributed by atoms with E-state index in [0.717, 1.165) is 18.5 Å². The predicted molar refractivity (Wildman–Crippen MR) is 94.6 cm³/mol. The van der Waals surface area contributed by atoms with Gasteiger partial charge in [-0.3, -0.25) is 9.79 Å². The molecule has 1 unspecified atom stereocenters.